The van der Waals surface area contributed by atoms with E-state index in [1.54, 1.807) is 10.9 Å². The van der Waals surface area contributed by atoms with Crippen molar-refractivity contribution in [1.82, 2.24) is 20.4 Å². The van der Waals surface area contributed by atoms with Crippen LogP contribution in [0.1, 0.15) is 42.3 Å². The van der Waals surface area contributed by atoms with Crippen molar-refractivity contribution >= 4 is 11.8 Å². The Labute approximate surface area is 177 Å². The van der Waals surface area contributed by atoms with Gasteiger partial charge in [0.15, 0.2) is 0 Å². The van der Waals surface area contributed by atoms with E-state index in [2.05, 4.69) is 16.7 Å². The fraction of sp³-hybridized carbons (Fsp3) is 0.292. The minimum atomic E-state index is -0.357. The Bertz CT molecular complexity index is 1060. The van der Waals surface area contributed by atoms with Gasteiger partial charge >= 0.3 is 0 Å². The van der Waals surface area contributed by atoms with E-state index in [0.717, 1.165) is 22.4 Å². The third-order valence-corrected chi connectivity index (χ3v) is 4.54. The number of carbonyl (C=O) groups excluding carboxylic acids is 2. The lowest BCUT2D eigenvalue weighted by Gasteiger charge is -2.20. The van der Waals surface area contributed by atoms with Crippen LogP contribution >= 0.6 is 0 Å². The fourth-order valence-electron chi connectivity index (χ4n) is 3.25. The first kappa shape index (κ1) is 21.3. The number of aromatic nitrogens is 2. The molecule has 2 N–H and O–H groups in total. The molecule has 0 atom stereocenters. The first-order chi connectivity index (χ1) is 14.1. The summed E-state index contributed by atoms with van der Waals surface area (Å²) in [6.07, 6.45) is 1.71. The molecule has 0 unspecified atom stereocenters. The number of aryl methyl sites for hydroxylation is 2. The molecule has 1 aromatic heterocycles. The predicted octanol–water partition coefficient (Wildman–Crippen LogP) is 3.80. The quantitative estimate of drug-likeness (QED) is 0.679. The van der Waals surface area contributed by atoms with E-state index >= 15 is 0 Å². The highest BCUT2D eigenvalue weighted by molar-refractivity contribution is 6.01. The van der Waals surface area contributed by atoms with Crippen LogP contribution < -0.4 is 10.6 Å². The Hall–Kier alpha value is -3.41. The van der Waals surface area contributed by atoms with Crippen LogP contribution in [0.25, 0.3) is 16.9 Å². The summed E-state index contributed by atoms with van der Waals surface area (Å²) in [4.78, 5) is 25.1. The molecule has 0 aliphatic rings. The van der Waals surface area contributed by atoms with Crippen molar-refractivity contribution in [3.8, 4) is 16.9 Å². The Kier molecular flexibility index (Phi) is 6.06. The molecule has 0 fully saturated rings. The normalized spacial score (nSPS) is 11.2. The molecule has 156 valence electrons. The second-order valence-corrected chi connectivity index (χ2v) is 8.47. The largest absolute Gasteiger partial charge is 0.350 e. The van der Waals surface area contributed by atoms with E-state index in [4.69, 9.17) is 5.10 Å². The molecule has 1 heterocycles. The molecule has 0 radical (unpaired) electrons. The lowest BCUT2D eigenvalue weighted by Crippen LogP contribution is -2.45. The van der Waals surface area contributed by atoms with Crippen LogP contribution in [0.3, 0.4) is 0 Å². The molecule has 3 rings (SSSR count). The van der Waals surface area contributed by atoms with Crippen LogP contribution in [0.4, 0.5) is 0 Å². The van der Waals surface area contributed by atoms with Gasteiger partial charge in [0, 0.05) is 17.3 Å². The maximum Gasteiger partial charge on any atom is 0.255 e. The number of carbonyl (C=O) groups is 2. The average molecular weight is 405 g/mol. The lowest BCUT2D eigenvalue weighted by molar-refractivity contribution is -0.121. The van der Waals surface area contributed by atoms with Crippen LogP contribution in [0.2, 0.25) is 0 Å². The standard InChI is InChI=1S/C24H28N4O2/c1-16-11-12-19(17(2)13-16)22-20(15-28(27-22)18-9-7-6-8-10-18)23(30)25-14-21(29)26-24(3,4)5/h6-13,15H,14H2,1-5H3,(H,25,30)(H,26,29). The van der Waals surface area contributed by atoms with Crippen LogP contribution in [-0.4, -0.2) is 33.7 Å². The minimum absolute atomic E-state index is 0.0983. The predicted molar refractivity (Wildman–Crippen MR) is 119 cm³/mol. The maximum atomic E-state index is 13.0. The Morgan fingerprint density at radius 2 is 1.73 bits per heavy atom. The molecule has 3 aromatic rings. The minimum Gasteiger partial charge on any atom is -0.350 e. The third-order valence-electron chi connectivity index (χ3n) is 4.54. The first-order valence-electron chi connectivity index (χ1n) is 9.96. The van der Waals surface area contributed by atoms with Crippen LogP contribution in [-0.2, 0) is 4.79 Å². The summed E-state index contributed by atoms with van der Waals surface area (Å²) < 4.78 is 1.69. The molecule has 0 saturated carbocycles. The number of amides is 2. The third kappa shape index (κ3) is 5.14. The molecule has 0 bridgehead atoms. The average Bonchev–Trinajstić information content (AvgIpc) is 3.10. The van der Waals surface area contributed by atoms with Crippen molar-refractivity contribution in [2.24, 2.45) is 0 Å². The van der Waals surface area contributed by atoms with Gasteiger partial charge in [-0.05, 0) is 52.3 Å². The zero-order valence-electron chi connectivity index (χ0n) is 18.1. The van der Waals surface area contributed by atoms with Crippen LogP contribution in [0.15, 0.2) is 54.7 Å². The molecule has 6 heteroatoms. The zero-order chi connectivity index (χ0) is 21.9. The highest BCUT2D eigenvalue weighted by atomic mass is 16.2. The van der Waals surface area contributed by atoms with E-state index in [0.29, 0.717) is 11.3 Å². The molecule has 30 heavy (non-hydrogen) atoms. The number of para-hydroxylation sites is 1. The summed E-state index contributed by atoms with van der Waals surface area (Å²) in [7, 11) is 0. The van der Waals surface area contributed by atoms with Gasteiger partial charge in [-0.1, -0.05) is 42.0 Å². The van der Waals surface area contributed by atoms with Crippen molar-refractivity contribution < 1.29 is 9.59 Å². The fourth-order valence-corrected chi connectivity index (χ4v) is 3.25. The van der Waals surface area contributed by atoms with Crippen molar-refractivity contribution in [2.75, 3.05) is 6.54 Å². The molecule has 0 aliphatic carbocycles. The Morgan fingerprint density at radius 3 is 2.37 bits per heavy atom. The summed E-state index contributed by atoms with van der Waals surface area (Å²) in [6.45, 7) is 9.63. The van der Waals surface area contributed by atoms with Gasteiger partial charge in [0.05, 0.1) is 17.8 Å². The summed E-state index contributed by atoms with van der Waals surface area (Å²) in [5.74, 6) is -0.574. The molecule has 0 spiro atoms. The van der Waals surface area contributed by atoms with Crippen molar-refractivity contribution in [3.63, 3.8) is 0 Å². The van der Waals surface area contributed by atoms with Gasteiger partial charge in [0.25, 0.3) is 5.91 Å². The number of hydrogen-bond donors (Lipinski definition) is 2. The van der Waals surface area contributed by atoms with E-state index < -0.39 is 0 Å². The van der Waals surface area contributed by atoms with Crippen molar-refractivity contribution in [2.45, 2.75) is 40.2 Å². The van der Waals surface area contributed by atoms with Gasteiger partial charge in [-0.3, -0.25) is 9.59 Å². The van der Waals surface area contributed by atoms with E-state index in [9.17, 15) is 9.59 Å². The van der Waals surface area contributed by atoms with Crippen LogP contribution in [0.5, 0.6) is 0 Å². The zero-order valence-corrected chi connectivity index (χ0v) is 18.1. The van der Waals surface area contributed by atoms with Crippen molar-refractivity contribution in [1.29, 1.82) is 0 Å². The molecular formula is C24H28N4O2. The van der Waals surface area contributed by atoms with E-state index in [-0.39, 0.29) is 23.9 Å². The number of hydrogen-bond acceptors (Lipinski definition) is 3. The highest BCUT2D eigenvalue weighted by Crippen LogP contribution is 2.27. The molecule has 2 aromatic carbocycles. The van der Waals surface area contributed by atoms with Gasteiger partial charge in [-0.15, -0.1) is 0 Å². The second kappa shape index (κ2) is 8.53. The summed E-state index contributed by atoms with van der Waals surface area (Å²) in [6, 6.07) is 15.7. The maximum absolute atomic E-state index is 13.0. The van der Waals surface area contributed by atoms with Crippen molar-refractivity contribution in [3.05, 3.63) is 71.4 Å². The monoisotopic (exact) mass is 404 g/mol. The van der Waals surface area contributed by atoms with Crippen LogP contribution in [0, 0.1) is 13.8 Å². The molecule has 0 aliphatic heterocycles. The summed E-state index contributed by atoms with van der Waals surface area (Å²) >= 11 is 0. The molecular weight excluding hydrogens is 376 g/mol. The second-order valence-electron chi connectivity index (χ2n) is 8.47. The lowest BCUT2D eigenvalue weighted by atomic mass is 10.0. The number of rotatable bonds is 5. The van der Waals surface area contributed by atoms with Gasteiger partial charge in [0.1, 0.15) is 5.69 Å². The summed E-state index contributed by atoms with van der Waals surface area (Å²) in [5, 5.41) is 10.3. The Morgan fingerprint density at radius 1 is 1.03 bits per heavy atom. The topological polar surface area (TPSA) is 76.0 Å². The summed E-state index contributed by atoms with van der Waals surface area (Å²) in [5.41, 5.74) is 4.58. The smallest absolute Gasteiger partial charge is 0.255 e. The van der Waals surface area contributed by atoms with E-state index in [1.807, 2.05) is 77.1 Å². The van der Waals surface area contributed by atoms with E-state index in [1.165, 1.54) is 0 Å². The molecule has 2 amide bonds. The highest BCUT2D eigenvalue weighted by Gasteiger charge is 2.21. The van der Waals surface area contributed by atoms with Gasteiger partial charge in [-0.25, -0.2) is 4.68 Å². The SMILES string of the molecule is Cc1ccc(-c2nn(-c3ccccc3)cc2C(=O)NCC(=O)NC(C)(C)C)c(C)c1. The van der Waals surface area contributed by atoms with Gasteiger partial charge < -0.3 is 10.6 Å². The molecule has 0 saturated heterocycles. The number of nitrogens with one attached hydrogen (secondary N) is 2. The van der Waals surface area contributed by atoms with Gasteiger partial charge in [0.2, 0.25) is 5.91 Å². The molecule has 6 nitrogen and oxygen atoms in total. The Balaban J connectivity index is 1.94. The first-order valence-corrected chi connectivity index (χ1v) is 9.96. The number of nitrogens with zero attached hydrogens (tertiary/aromatic N) is 2. The van der Waals surface area contributed by atoms with Gasteiger partial charge in [-0.2, -0.15) is 5.10 Å². The number of benzene rings is 2.